The van der Waals surface area contributed by atoms with Gasteiger partial charge in [0, 0.05) is 11.9 Å². The highest BCUT2D eigenvalue weighted by Crippen LogP contribution is 2.28. The Morgan fingerprint density at radius 2 is 2.13 bits per heavy atom. The molecule has 0 saturated carbocycles. The predicted molar refractivity (Wildman–Crippen MR) is 98.1 cm³/mol. The molecule has 23 heavy (non-hydrogen) atoms. The van der Waals surface area contributed by atoms with Crippen LogP contribution in [-0.4, -0.2) is 16.7 Å². The van der Waals surface area contributed by atoms with E-state index in [1.165, 1.54) is 11.8 Å². The lowest BCUT2D eigenvalue weighted by Gasteiger charge is -2.12. The van der Waals surface area contributed by atoms with Crippen molar-refractivity contribution in [2.24, 2.45) is 10.7 Å². The second-order valence-corrected chi connectivity index (χ2v) is 6.19. The van der Waals surface area contributed by atoms with Gasteiger partial charge in [0.25, 0.3) is 0 Å². The van der Waals surface area contributed by atoms with Gasteiger partial charge in [-0.1, -0.05) is 30.4 Å². The first-order chi connectivity index (χ1) is 11.3. The Labute approximate surface area is 139 Å². The van der Waals surface area contributed by atoms with Crippen LogP contribution in [0.15, 0.2) is 70.0 Å². The molecule has 0 radical (unpaired) electrons. The third-order valence-corrected chi connectivity index (χ3v) is 4.53. The van der Waals surface area contributed by atoms with E-state index >= 15 is 0 Å². The van der Waals surface area contributed by atoms with Crippen molar-refractivity contribution in [1.82, 2.24) is 9.97 Å². The molecule has 0 spiro atoms. The first-order valence-corrected chi connectivity index (χ1v) is 8.42. The molecule has 0 aliphatic heterocycles. The monoisotopic (exact) mass is 322 g/mol. The normalized spacial score (nSPS) is 15.2. The minimum Gasteiger partial charge on any atom is -0.392 e. The van der Waals surface area contributed by atoms with Gasteiger partial charge >= 0.3 is 0 Å². The van der Waals surface area contributed by atoms with Gasteiger partial charge in [-0.05, 0) is 37.3 Å². The molecule has 1 aromatic heterocycles. The van der Waals surface area contributed by atoms with Crippen molar-refractivity contribution in [2.75, 3.05) is 0 Å². The van der Waals surface area contributed by atoms with Gasteiger partial charge in [-0.15, -0.1) is 11.8 Å². The molecule has 0 fully saturated rings. The van der Waals surface area contributed by atoms with Crippen molar-refractivity contribution < 1.29 is 0 Å². The molecular formula is C18H18N4S. The highest BCUT2D eigenvalue weighted by atomic mass is 32.2. The fourth-order valence-electron chi connectivity index (χ4n) is 2.42. The van der Waals surface area contributed by atoms with E-state index in [0.29, 0.717) is 10.8 Å². The van der Waals surface area contributed by atoms with E-state index in [9.17, 15) is 0 Å². The lowest BCUT2D eigenvalue weighted by molar-refractivity contribution is 0.959. The first-order valence-electron chi connectivity index (χ1n) is 7.44. The Morgan fingerprint density at radius 1 is 1.30 bits per heavy atom. The third kappa shape index (κ3) is 3.68. The second kappa shape index (κ2) is 7.24. The Hall–Kier alpha value is -2.40. The average molecular weight is 322 g/mol. The number of rotatable bonds is 5. The Balaban J connectivity index is 1.77. The van der Waals surface area contributed by atoms with Crippen LogP contribution in [0.4, 0.5) is 0 Å². The number of aromatic nitrogens is 2. The van der Waals surface area contributed by atoms with Crippen molar-refractivity contribution in [1.29, 1.82) is 0 Å². The van der Waals surface area contributed by atoms with Crippen LogP contribution in [0.3, 0.4) is 0 Å². The number of nitrogens with zero attached hydrogens (tertiary/aromatic N) is 3. The van der Waals surface area contributed by atoms with Gasteiger partial charge in [0.15, 0.2) is 0 Å². The summed E-state index contributed by atoms with van der Waals surface area (Å²) in [6, 6.07) is 7.84. The van der Waals surface area contributed by atoms with Crippen molar-refractivity contribution in [2.45, 2.75) is 18.6 Å². The topological polar surface area (TPSA) is 64.2 Å². The van der Waals surface area contributed by atoms with Crippen molar-refractivity contribution >= 4 is 29.5 Å². The summed E-state index contributed by atoms with van der Waals surface area (Å²) in [4.78, 5) is 13.2. The standard InChI is InChI=1S/C18H18N4S/c1-20-17(13-7-3-2-4-8-13)18(19)23-12-14-11-21-15-9-5-6-10-16(15)22-14/h2-3,5-7,9-11H,1,4,8,12,19H2/b18-17-. The van der Waals surface area contributed by atoms with E-state index in [1.807, 2.05) is 30.3 Å². The maximum absolute atomic E-state index is 6.22. The lowest BCUT2D eigenvalue weighted by atomic mass is 10.0. The van der Waals surface area contributed by atoms with Crippen LogP contribution in [0, 0.1) is 0 Å². The number of para-hydroxylation sites is 2. The molecule has 116 valence electrons. The van der Waals surface area contributed by atoms with E-state index in [-0.39, 0.29) is 0 Å². The van der Waals surface area contributed by atoms with Crippen molar-refractivity contribution in [3.63, 3.8) is 0 Å². The zero-order valence-corrected chi connectivity index (χ0v) is 13.6. The zero-order valence-electron chi connectivity index (χ0n) is 12.8. The summed E-state index contributed by atoms with van der Waals surface area (Å²) in [6.45, 7) is 3.66. The molecular weight excluding hydrogens is 304 g/mol. The molecule has 0 saturated heterocycles. The molecule has 1 heterocycles. The summed E-state index contributed by atoms with van der Waals surface area (Å²) in [5.41, 5.74) is 10.8. The van der Waals surface area contributed by atoms with Crippen molar-refractivity contribution in [3.8, 4) is 0 Å². The fraction of sp³-hybridized carbons (Fsp3) is 0.167. The van der Waals surface area contributed by atoms with Crippen molar-refractivity contribution in [3.05, 3.63) is 70.7 Å². The minimum absolute atomic E-state index is 0.659. The molecule has 5 heteroatoms. The van der Waals surface area contributed by atoms with Gasteiger partial charge in [0.2, 0.25) is 0 Å². The molecule has 0 atom stereocenters. The third-order valence-electron chi connectivity index (χ3n) is 3.58. The summed E-state index contributed by atoms with van der Waals surface area (Å²) in [5, 5.41) is 0.677. The molecule has 2 aromatic rings. The van der Waals surface area contributed by atoms with Gasteiger partial charge in [-0.25, -0.2) is 4.98 Å². The Kier molecular flexibility index (Phi) is 4.88. The van der Waals surface area contributed by atoms with Crippen LogP contribution in [0.2, 0.25) is 0 Å². The summed E-state index contributed by atoms with van der Waals surface area (Å²) < 4.78 is 0. The summed E-state index contributed by atoms with van der Waals surface area (Å²) in [6.07, 6.45) is 9.98. The molecule has 1 aromatic carbocycles. The number of hydrogen-bond donors (Lipinski definition) is 1. The largest absolute Gasteiger partial charge is 0.392 e. The SMILES string of the molecule is C=N/C(C1=CC=CCC1)=C(/N)SCc1cnc2ccccc2n1. The molecule has 3 rings (SSSR count). The number of nitrogens with two attached hydrogens (primary N) is 1. The average Bonchev–Trinajstić information content (AvgIpc) is 2.61. The minimum atomic E-state index is 0.659. The maximum atomic E-state index is 6.22. The number of fused-ring (bicyclic) bond motifs is 1. The highest BCUT2D eigenvalue weighted by Gasteiger charge is 2.10. The zero-order chi connectivity index (χ0) is 16.1. The predicted octanol–water partition coefficient (Wildman–Crippen LogP) is 3.97. The van der Waals surface area contributed by atoms with Gasteiger partial charge in [-0.3, -0.25) is 9.98 Å². The fourth-order valence-corrected chi connectivity index (χ4v) is 3.20. The van der Waals surface area contributed by atoms with Crippen LogP contribution in [0.1, 0.15) is 18.5 Å². The Morgan fingerprint density at radius 3 is 2.87 bits per heavy atom. The maximum Gasteiger partial charge on any atom is 0.0950 e. The van der Waals surface area contributed by atoms with Crippen LogP contribution >= 0.6 is 11.8 Å². The summed E-state index contributed by atoms with van der Waals surface area (Å²) in [7, 11) is 0. The van der Waals surface area contributed by atoms with E-state index in [2.05, 4.69) is 33.8 Å². The van der Waals surface area contributed by atoms with Gasteiger partial charge < -0.3 is 5.73 Å². The van der Waals surface area contributed by atoms with E-state index in [4.69, 9.17) is 5.73 Å². The number of hydrogen-bond acceptors (Lipinski definition) is 5. The molecule has 0 bridgehead atoms. The van der Waals surface area contributed by atoms with E-state index in [1.54, 1.807) is 6.20 Å². The molecule has 1 aliphatic rings. The highest BCUT2D eigenvalue weighted by molar-refractivity contribution is 8.02. The second-order valence-electron chi connectivity index (χ2n) is 5.17. The molecule has 0 amide bonds. The number of thioether (sulfide) groups is 1. The van der Waals surface area contributed by atoms with Gasteiger partial charge in [0.05, 0.1) is 27.5 Å². The summed E-state index contributed by atoms with van der Waals surface area (Å²) >= 11 is 1.52. The van der Waals surface area contributed by atoms with Crippen LogP contribution in [0.5, 0.6) is 0 Å². The molecule has 2 N–H and O–H groups in total. The molecule has 1 aliphatic carbocycles. The Bertz CT molecular complexity index is 821. The number of benzene rings is 1. The first kappa shape index (κ1) is 15.5. The van der Waals surface area contributed by atoms with Crippen LogP contribution in [-0.2, 0) is 5.75 Å². The van der Waals surface area contributed by atoms with Gasteiger partial charge in [0.1, 0.15) is 0 Å². The smallest absolute Gasteiger partial charge is 0.0950 e. The van der Waals surface area contributed by atoms with E-state index < -0.39 is 0 Å². The molecule has 0 unspecified atom stereocenters. The lowest BCUT2D eigenvalue weighted by Crippen LogP contribution is -2.02. The van der Waals surface area contributed by atoms with Crippen LogP contribution < -0.4 is 5.73 Å². The molecule has 4 nitrogen and oxygen atoms in total. The van der Waals surface area contributed by atoms with Crippen LogP contribution in [0.25, 0.3) is 11.0 Å². The quantitative estimate of drug-likeness (QED) is 0.846. The van der Waals surface area contributed by atoms with Gasteiger partial charge in [-0.2, -0.15) is 0 Å². The van der Waals surface area contributed by atoms with E-state index in [0.717, 1.165) is 40.8 Å². The summed E-state index contributed by atoms with van der Waals surface area (Å²) in [5.74, 6) is 0.659. The number of allylic oxidation sites excluding steroid dienone is 4. The number of aliphatic imine (C=N–C) groups is 1.